The molecule has 1 aliphatic heterocycles. The lowest BCUT2D eigenvalue weighted by Crippen LogP contribution is -2.47. The second kappa shape index (κ2) is 14.0. The summed E-state index contributed by atoms with van der Waals surface area (Å²) in [6.45, 7) is 11.0. The largest absolute Gasteiger partial charge is 0.497 e. The predicted molar refractivity (Wildman–Crippen MR) is 160 cm³/mol. The zero-order valence-electron chi connectivity index (χ0n) is 23.7. The van der Waals surface area contributed by atoms with Crippen molar-refractivity contribution in [3.63, 3.8) is 0 Å². The fourth-order valence-electron chi connectivity index (χ4n) is 5.10. The average molecular weight is 541 g/mol. The highest BCUT2D eigenvalue weighted by molar-refractivity contribution is 5.59. The van der Waals surface area contributed by atoms with Gasteiger partial charge in [0.05, 0.1) is 13.7 Å². The van der Waals surface area contributed by atoms with Crippen molar-refractivity contribution in [2.45, 2.75) is 26.5 Å². The van der Waals surface area contributed by atoms with Gasteiger partial charge in [0.1, 0.15) is 23.8 Å². The third-order valence-electron chi connectivity index (χ3n) is 7.54. The molecule has 0 aliphatic carbocycles. The van der Waals surface area contributed by atoms with Crippen LogP contribution in [-0.2, 0) is 13.2 Å². The number of aromatic nitrogens is 1. The van der Waals surface area contributed by atoms with Crippen molar-refractivity contribution in [1.29, 1.82) is 0 Å². The van der Waals surface area contributed by atoms with E-state index in [0.29, 0.717) is 6.61 Å². The number of anilines is 1. The van der Waals surface area contributed by atoms with Gasteiger partial charge in [0.2, 0.25) is 0 Å². The van der Waals surface area contributed by atoms with E-state index in [1.807, 2.05) is 54.6 Å². The zero-order chi connectivity index (χ0) is 27.6. The Labute approximate surface area is 237 Å². The summed E-state index contributed by atoms with van der Waals surface area (Å²) in [5.41, 5.74) is 4.31. The van der Waals surface area contributed by atoms with Crippen LogP contribution in [0.1, 0.15) is 24.7 Å². The number of nitrogens with zero attached hydrogens (tertiary/aromatic N) is 4. The number of hydrogen-bond donors (Lipinski definition) is 0. The maximum absolute atomic E-state index is 5.91. The first-order valence-corrected chi connectivity index (χ1v) is 14.3. The minimum Gasteiger partial charge on any atom is -0.497 e. The van der Waals surface area contributed by atoms with Crippen LogP contribution >= 0.6 is 0 Å². The Bertz CT molecular complexity index is 1280. The summed E-state index contributed by atoms with van der Waals surface area (Å²) in [6.07, 6.45) is 1.14. The number of methoxy groups -OCH3 is 1. The first-order chi connectivity index (χ1) is 19.7. The zero-order valence-corrected chi connectivity index (χ0v) is 23.7. The maximum Gasteiger partial charge on any atom is 0.151 e. The highest BCUT2D eigenvalue weighted by Gasteiger charge is 2.18. The fraction of sp³-hybridized carbons (Fsp3) is 0.364. The number of benzene rings is 3. The molecule has 0 radical (unpaired) electrons. The van der Waals surface area contributed by atoms with Crippen LogP contribution in [0.5, 0.6) is 11.5 Å². The van der Waals surface area contributed by atoms with Crippen molar-refractivity contribution in [3.05, 3.63) is 96.3 Å². The molecule has 1 saturated heterocycles. The maximum atomic E-state index is 5.91. The van der Waals surface area contributed by atoms with Gasteiger partial charge in [-0.3, -0.25) is 9.80 Å². The van der Waals surface area contributed by atoms with Gasteiger partial charge in [-0.25, -0.2) is 0 Å². The van der Waals surface area contributed by atoms with E-state index in [2.05, 4.69) is 57.1 Å². The molecule has 4 aromatic rings. The molecule has 0 bridgehead atoms. The van der Waals surface area contributed by atoms with Crippen LogP contribution in [0, 0.1) is 0 Å². The second-order valence-electron chi connectivity index (χ2n) is 10.2. The normalized spacial score (nSPS) is 14.0. The van der Waals surface area contributed by atoms with E-state index in [9.17, 15) is 0 Å². The Morgan fingerprint density at radius 3 is 2.30 bits per heavy atom. The van der Waals surface area contributed by atoms with Gasteiger partial charge in [-0.2, -0.15) is 0 Å². The summed E-state index contributed by atoms with van der Waals surface area (Å²) in [6, 6.07) is 28.7. The lowest BCUT2D eigenvalue weighted by molar-refractivity contribution is 0.206. The van der Waals surface area contributed by atoms with E-state index >= 15 is 0 Å². The van der Waals surface area contributed by atoms with Crippen molar-refractivity contribution < 1.29 is 14.0 Å². The van der Waals surface area contributed by atoms with E-state index in [4.69, 9.17) is 14.0 Å². The molecule has 0 amide bonds. The number of rotatable bonds is 13. The molecule has 7 nitrogen and oxygen atoms in total. The Morgan fingerprint density at radius 2 is 1.60 bits per heavy atom. The highest BCUT2D eigenvalue weighted by atomic mass is 16.5. The monoisotopic (exact) mass is 540 g/mol. The highest BCUT2D eigenvalue weighted by Crippen LogP contribution is 2.24. The molecule has 40 heavy (non-hydrogen) atoms. The molecule has 7 heteroatoms. The smallest absolute Gasteiger partial charge is 0.151 e. The molecule has 3 aromatic carbocycles. The van der Waals surface area contributed by atoms with Gasteiger partial charge in [0, 0.05) is 43.5 Å². The average Bonchev–Trinajstić information content (AvgIpc) is 3.49. The molecule has 210 valence electrons. The molecule has 5 rings (SSSR count). The van der Waals surface area contributed by atoms with Crippen molar-refractivity contribution in [2.24, 2.45) is 0 Å². The summed E-state index contributed by atoms with van der Waals surface area (Å²) in [4.78, 5) is 7.47. The Morgan fingerprint density at radius 1 is 0.875 bits per heavy atom. The topological polar surface area (TPSA) is 54.2 Å². The van der Waals surface area contributed by atoms with Gasteiger partial charge in [-0.1, -0.05) is 42.4 Å². The van der Waals surface area contributed by atoms with E-state index in [-0.39, 0.29) is 0 Å². The van der Waals surface area contributed by atoms with Crippen molar-refractivity contribution in [3.8, 4) is 22.8 Å². The quantitative estimate of drug-likeness (QED) is 0.207. The SMILES string of the molecule is CCN(CCCN1CCN(c2ccc(OC)cc2)CC1)Cc1cc(-c2ccc(OCc3ccccc3)cc2)no1. The van der Waals surface area contributed by atoms with E-state index in [1.54, 1.807) is 7.11 Å². The molecule has 0 atom stereocenters. The van der Waals surface area contributed by atoms with Crippen LogP contribution in [-0.4, -0.2) is 67.9 Å². The lowest BCUT2D eigenvalue weighted by Gasteiger charge is -2.36. The molecule has 0 saturated carbocycles. The van der Waals surface area contributed by atoms with E-state index < -0.39 is 0 Å². The molecule has 1 aromatic heterocycles. The first kappa shape index (κ1) is 27.7. The van der Waals surface area contributed by atoms with Gasteiger partial charge in [-0.15, -0.1) is 0 Å². The summed E-state index contributed by atoms with van der Waals surface area (Å²) in [5.74, 6) is 2.65. The van der Waals surface area contributed by atoms with Crippen LogP contribution in [0.25, 0.3) is 11.3 Å². The van der Waals surface area contributed by atoms with Gasteiger partial charge >= 0.3 is 0 Å². The van der Waals surface area contributed by atoms with Crippen LogP contribution < -0.4 is 14.4 Å². The summed E-state index contributed by atoms with van der Waals surface area (Å²) >= 11 is 0. The lowest BCUT2D eigenvalue weighted by atomic mass is 10.1. The predicted octanol–water partition coefficient (Wildman–Crippen LogP) is 5.96. The van der Waals surface area contributed by atoms with Crippen molar-refractivity contribution in [2.75, 3.05) is 57.8 Å². The third-order valence-corrected chi connectivity index (χ3v) is 7.54. The van der Waals surface area contributed by atoms with Crippen LogP contribution in [0.2, 0.25) is 0 Å². The summed E-state index contributed by atoms with van der Waals surface area (Å²) < 4.78 is 16.9. The minimum absolute atomic E-state index is 0.557. The number of piperazine rings is 1. The van der Waals surface area contributed by atoms with Crippen molar-refractivity contribution >= 4 is 5.69 Å². The van der Waals surface area contributed by atoms with Gasteiger partial charge in [-0.05, 0) is 80.1 Å². The molecule has 1 fully saturated rings. The minimum atomic E-state index is 0.557. The molecule has 0 unspecified atom stereocenters. The summed E-state index contributed by atoms with van der Waals surface area (Å²) in [5, 5.41) is 4.33. The van der Waals surface area contributed by atoms with E-state index in [1.165, 1.54) is 5.69 Å². The Balaban J connectivity index is 1.04. The van der Waals surface area contributed by atoms with Crippen LogP contribution in [0.3, 0.4) is 0 Å². The number of ether oxygens (including phenoxy) is 2. The van der Waals surface area contributed by atoms with Gasteiger partial charge in [0.25, 0.3) is 0 Å². The molecule has 1 aliphatic rings. The molecular formula is C33H40N4O3. The van der Waals surface area contributed by atoms with Crippen LogP contribution in [0.15, 0.2) is 89.5 Å². The first-order valence-electron chi connectivity index (χ1n) is 14.3. The second-order valence-corrected chi connectivity index (χ2v) is 10.2. The third kappa shape index (κ3) is 7.64. The number of hydrogen-bond acceptors (Lipinski definition) is 7. The molecule has 0 N–H and O–H groups in total. The molecule has 2 heterocycles. The van der Waals surface area contributed by atoms with Crippen LogP contribution in [0.4, 0.5) is 5.69 Å². The van der Waals surface area contributed by atoms with Crippen molar-refractivity contribution in [1.82, 2.24) is 15.0 Å². The molecular weight excluding hydrogens is 500 g/mol. The Kier molecular flexibility index (Phi) is 9.72. The fourth-order valence-corrected chi connectivity index (χ4v) is 5.10. The summed E-state index contributed by atoms with van der Waals surface area (Å²) in [7, 11) is 1.71. The van der Waals surface area contributed by atoms with Gasteiger partial charge < -0.3 is 18.9 Å². The van der Waals surface area contributed by atoms with E-state index in [0.717, 1.165) is 92.9 Å². The Hall–Kier alpha value is -3.81. The van der Waals surface area contributed by atoms with Gasteiger partial charge in [0.15, 0.2) is 5.76 Å². The molecule has 0 spiro atoms. The standard InChI is InChI=1S/C33H40N4O3/c1-3-35(18-7-19-36-20-22-37(23-21-36)29-12-16-30(38-2)17-13-29)25-32-24-33(34-40-32)28-10-14-31(15-11-28)39-26-27-8-5-4-6-9-27/h4-6,8-17,24H,3,7,18-23,25-26H2,1-2H3.